The van der Waals surface area contributed by atoms with E-state index in [2.05, 4.69) is 35.1 Å². The highest BCUT2D eigenvalue weighted by atomic mass is 32.2. The van der Waals surface area contributed by atoms with Gasteiger partial charge >= 0.3 is 0 Å². The number of fused-ring (bicyclic) bond motifs is 1. The van der Waals surface area contributed by atoms with E-state index in [1.54, 1.807) is 31.4 Å². The lowest BCUT2D eigenvalue weighted by molar-refractivity contribution is -0.119. The number of nitrogens with one attached hydrogen (secondary N) is 2. The summed E-state index contributed by atoms with van der Waals surface area (Å²) in [6, 6.07) is 21.0. The fourth-order valence-corrected chi connectivity index (χ4v) is 3.48. The third-order valence-corrected chi connectivity index (χ3v) is 5.02. The van der Waals surface area contributed by atoms with E-state index in [0.717, 1.165) is 5.75 Å². The number of amides is 2. The smallest absolute Gasteiger partial charge is 0.269 e. The van der Waals surface area contributed by atoms with Gasteiger partial charge in [0.2, 0.25) is 5.91 Å². The number of thioether (sulfide) groups is 1. The van der Waals surface area contributed by atoms with Crippen LogP contribution in [0.15, 0.2) is 66.7 Å². The van der Waals surface area contributed by atoms with Crippen LogP contribution in [0.3, 0.4) is 0 Å². The summed E-state index contributed by atoms with van der Waals surface area (Å²) in [5.41, 5.74) is 6.50. The largest absolute Gasteiger partial charge is 0.497 e. The molecule has 0 saturated heterocycles. The van der Waals surface area contributed by atoms with Gasteiger partial charge in [-0.25, -0.2) is 0 Å². The van der Waals surface area contributed by atoms with E-state index in [9.17, 15) is 9.59 Å². The SMILES string of the molecule is COc1ccc(C(=O)NNC(=O)CSCc2cccc3ccccc23)cc1. The summed E-state index contributed by atoms with van der Waals surface area (Å²) in [5, 5.41) is 2.38. The number of hydrazine groups is 1. The minimum absolute atomic E-state index is 0.248. The van der Waals surface area contributed by atoms with Gasteiger partial charge in [0.15, 0.2) is 0 Å². The quantitative estimate of drug-likeness (QED) is 0.642. The third-order valence-electron chi connectivity index (χ3n) is 4.04. The maximum Gasteiger partial charge on any atom is 0.269 e. The lowest BCUT2D eigenvalue weighted by Crippen LogP contribution is -2.42. The van der Waals surface area contributed by atoms with E-state index in [1.165, 1.54) is 28.1 Å². The van der Waals surface area contributed by atoms with Gasteiger partial charge in [0.1, 0.15) is 5.75 Å². The number of hydrogen-bond acceptors (Lipinski definition) is 4. The maximum atomic E-state index is 12.0. The Morgan fingerprint density at radius 3 is 2.44 bits per heavy atom. The number of rotatable bonds is 6. The topological polar surface area (TPSA) is 67.4 Å². The van der Waals surface area contributed by atoms with E-state index in [4.69, 9.17) is 4.74 Å². The molecule has 0 heterocycles. The molecule has 3 aromatic carbocycles. The van der Waals surface area contributed by atoms with Crippen LogP contribution in [-0.4, -0.2) is 24.7 Å². The number of benzene rings is 3. The zero-order valence-corrected chi connectivity index (χ0v) is 15.7. The molecule has 138 valence electrons. The van der Waals surface area contributed by atoms with Crippen LogP contribution in [0.5, 0.6) is 5.75 Å². The standard InChI is InChI=1S/C21H20N2O3S/c1-26-18-11-9-16(10-12-18)21(25)23-22-20(24)14-27-13-17-7-4-6-15-5-2-3-8-19(15)17/h2-12H,13-14H2,1H3,(H,22,24)(H,23,25). The second-order valence-electron chi connectivity index (χ2n) is 5.86. The van der Waals surface area contributed by atoms with Gasteiger partial charge in [0.25, 0.3) is 5.91 Å². The minimum Gasteiger partial charge on any atom is -0.497 e. The number of ether oxygens (including phenoxy) is 1. The van der Waals surface area contributed by atoms with Crippen LogP contribution < -0.4 is 15.6 Å². The van der Waals surface area contributed by atoms with Gasteiger partial charge < -0.3 is 4.74 Å². The Morgan fingerprint density at radius 2 is 1.67 bits per heavy atom. The number of carbonyl (C=O) groups is 2. The van der Waals surface area contributed by atoms with Crippen molar-refractivity contribution in [3.05, 3.63) is 77.9 Å². The molecule has 0 atom stereocenters. The van der Waals surface area contributed by atoms with Crippen LogP contribution in [-0.2, 0) is 10.5 Å². The molecule has 27 heavy (non-hydrogen) atoms. The van der Waals surface area contributed by atoms with Crippen molar-refractivity contribution < 1.29 is 14.3 Å². The average Bonchev–Trinajstić information content (AvgIpc) is 2.72. The van der Waals surface area contributed by atoms with E-state index in [0.29, 0.717) is 11.3 Å². The van der Waals surface area contributed by atoms with E-state index >= 15 is 0 Å². The van der Waals surface area contributed by atoms with Gasteiger partial charge in [0.05, 0.1) is 12.9 Å². The zero-order chi connectivity index (χ0) is 19.1. The van der Waals surface area contributed by atoms with Gasteiger partial charge in [-0.3, -0.25) is 20.4 Å². The Kier molecular flexibility index (Phi) is 6.33. The third kappa shape index (κ3) is 5.01. The first-order valence-electron chi connectivity index (χ1n) is 8.45. The molecular weight excluding hydrogens is 360 g/mol. The highest BCUT2D eigenvalue weighted by Gasteiger charge is 2.08. The average molecular weight is 380 g/mol. The summed E-state index contributed by atoms with van der Waals surface area (Å²) in [6.07, 6.45) is 0. The summed E-state index contributed by atoms with van der Waals surface area (Å²) < 4.78 is 5.05. The van der Waals surface area contributed by atoms with Crippen molar-refractivity contribution in [2.75, 3.05) is 12.9 Å². The Hall–Kier alpha value is -2.99. The minimum atomic E-state index is -0.370. The number of carbonyl (C=O) groups excluding carboxylic acids is 2. The zero-order valence-electron chi connectivity index (χ0n) is 14.9. The molecular formula is C21H20N2O3S. The van der Waals surface area contributed by atoms with Gasteiger partial charge in [0, 0.05) is 11.3 Å². The molecule has 0 fully saturated rings. The Morgan fingerprint density at radius 1 is 0.926 bits per heavy atom. The first-order valence-corrected chi connectivity index (χ1v) is 9.60. The molecule has 2 N–H and O–H groups in total. The van der Waals surface area contributed by atoms with Crippen LogP contribution in [0.2, 0.25) is 0 Å². The molecule has 2 amide bonds. The molecule has 0 bridgehead atoms. The van der Waals surface area contributed by atoms with Crippen molar-refractivity contribution in [2.45, 2.75) is 5.75 Å². The number of hydrogen-bond donors (Lipinski definition) is 2. The number of methoxy groups -OCH3 is 1. The molecule has 0 radical (unpaired) electrons. The molecule has 6 heteroatoms. The van der Waals surface area contributed by atoms with Crippen molar-refractivity contribution in [3.63, 3.8) is 0 Å². The molecule has 0 unspecified atom stereocenters. The summed E-state index contributed by atoms with van der Waals surface area (Å²) in [7, 11) is 1.56. The van der Waals surface area contributed by atoms with Gasteiger partial charge in [-0.2, -0.15) is 0 Å². The van der Waals surface area contributed by atoms with Crippen molar-refractivity contribution in [3.8, 4) is 5.75 Å². The molecule has 5 nitrogen and oxygen atoms in total. The van der Waals surface area contributed by atoms with Crippen molar-refractivity contribution in [1.82, 2.24) is 10.9 Å². The first-order chi connectivity index (χ1) is 13.2. The molecule has 0 aliphatic carbocycles. The first kappa shape index (κ1) is 18.8. The van der Waals surface area contributed by atoms with Crippen molar-refractivity contribution >= 4 is 34.3 Å². The highest BCUT2D eigenvalue weighted by Crippen LogP contribution is 2.22. The van der Waals surface area contributed by atoms with Crippen LogP contribution in [0.4, 0.5) is 0 Å². The van der Waals surface area contributed by atoms with Gasteiger partial charge in [-0.1, -0.05) is 42.5 Å². The molecule has 3 rings (SSSR count). The highest BCUT2D eigenvalue weighted by molar-refractivity contribution is 7.99. The van der Waals surface area contributed by atoms with E-state index in [-0.39, 0.29) is 17.6 Å². The van der Waals surface area contributed by atoms with Crippen molar-refractivity contribution in [1.29, 1.82) is 0 Å². The molecule has 0 aliphatic rings. The Bertz CT molecular complexity index is 936. The predicted molar refractivity (Wildman–Crippen MR) is 109 cm³/mol. The monoisotopic (exact) mass is 380 g/mol. The lowest BCUT2D eigenvalue weighted by atomic mass is 10.1. The Balaban J connectivity index is 1.46. The van der Waals surface area contributed by atoms with Crippen LogP contribution >= 0.6 is 11.8 Å². The Labute approximate surface area is 162 Å². The second kappa shape index (κ2) is 9.09. The molecule has 0 saturated carbocycles. The molecule has 0 spiro atoms. The van der Waals surface area contributed by atoms with Crippen molar-refractivity contribution in [2.24, 2.45) is 0 Å². The lowest BCUT2D eigenvalue weighted by Gasteiger charge is -2.09. The maximum absolute atomic E-state index is 12.0. The van der Waals surface area contributed by atoms with Crippen LogP contribution in [0, 0.1) is 0 Å². The molecule has 0 aliphatic heterocycles. The summed E-state index contributed by atoms with van der Waals surface area (Å²) in [6.45, 7) is 0. The molecule has 0 aromatic heterocycles. The predicted octanol–water partition coefficient (Wildman–Crippen LogP) is 3.54. The second-order valence-corrected chi connectivity index (χ2v) is 6.85. The van der Waals surface area contributed by atoms with E-state index in [1.807, 2.05) is 18.2 Å². The normalized spacial score (nSPS) is 10.4. The fraction of sp³-hybridized carbons (Fsp3) is 0.143. The molecule has 3 aromatic rings. The van der Waals surface area contributed by atoms with Gasteiger partial charge in [-0.15, -0.1) is 11.8 Å². The summed E-state index contributed by atoms with van der Waals surface area (Å²) in [5.74, 6) is 1.03. The van der Waals surface area contributed by atoms with Gasteiger partial charge in [-0.05, 0) is 40.6 Å². The summed E-state index contributed by atoms with van der Waals surface area (Å²) in [4.78, 5) is 24.0. The van der Waals surface area contributed by atoms with Crippen LogP contribution in [0.25, 0.3) is 10.8 Å². The van der Waals surface area contributed by atoms with E-state index < -0.39 is 0 Å². The summed E-state index contributed by atoms with van der Waals surface area (Å²) >= 11 is 1.50. The van der Waals surface area contributed by atoms with Crippen LogP contribution in [0.1, 0.15) is 15.9 Å². The fourth-order valence-electron chi connectivity index (χ4n) is 2.65.